The second-order valence-corrected chi connectivity index (χ2v) is 8.47. The van der Waals surface area contributed by atoms with Crippen molar-refractivity contribution in [2.24, 2.45) is 17.4 Å². The lowest BCUT2D eigenvalue weighted by Gasteiger charge is -2.25. The molecule has 0 saturated heterocycles. The normalized spacial score (nSPS) is 15.3. The fraction of sp³-hybridized carbons (Fsp3) is 0.684. The summed E-state index contributed by atoms with van der Waals surface area (Å²) in [6.07, 6.45) is 1.03. The molecule has 4 amide bonds. The predicted octanol–water partition coefficient (Wildman–Crippen LogP) is -2.00. The van der Waals surface area contributed by atoms with Crippen molar-refractivity contribution in [1.29, 1.82) is 0 Å². The van der Waals surface area contributed by atoms with E-state index in [0.29, 0.717) is 12.2 Å². The van der Waals surface area contributed by atoms with E-state index < -0.39 is 78.5 Å². The van der Waals surface area contributed by atoms with Gasteiger partial charge in [-0.15, -0.1) is 0 Å². The molecule has 13 nitrogen and oxygen atoms in total. The number of carboxylic acids is 2. The number of primary amides is 1. The minimum Gasteiger partial charge on any atom is -0.481 e. The molecule has 188 valence electrons. The van der Waals surface area contributed by atoms with E-state index in [1.54, 1.807) is 13.8 Å². The number of aliphatic carboxylic acids is 2. The molecule has 9 N–H and O–H groups in total. The third-order valence-electron chi connectivity index (χ3n) is 4.80. The fourth-order valence-corrected chi connectivity index (χ4v) is 3.15. The molecular weight excluding hydrogens is 458 g/mol. The lowest BCUT2D eigenvalue weighted by atomic mass is 9.98. The predicted molar refractivity (Wildman–Crippen MR) is 120 cm³/mol. The Labute approximate surface area is 195 Å². The quantitative estimate of drug-likeness (QED) is 0.125. The Bertz CT molecular complexity index is 735. The molecule has 0 heterocycles. The molecule has 5 atom stereocenters. The Balaban J connectivity index is 5.54. The Kier molecular flexibility index (Phi) is 13.7. The highest BCUT2D eigenvalue weighted by molar-refractivity contribution is 7.98. The van der Waals surface area contributed by atoms with Crippen molar-refractivity contribution >= 4 is 47.3 Å². The molecule has 0 fully saturated rings. The van der Waals surface area contributed by atoms with Gasteiger partial charge < -0.3 is 37.6 Å². The first-order chi connectivity index (χ1) is 15.3. The summed E-state index contributed by atoms with van der Waals surface area (Å²) in [7, 11) is 0. The van der Waals surface area contributed by atoms with Crippen molar-refractivity contribution < 1.29 is 39.0 Å². The highest BCUT2D eigenvalue weighted by Crippen LogP contribution is 2.09. The van der Waals surface area contributed by atoms with Crippen LogP contribution in [0.15, 0.2) is 0 Å². The van der Waals surface area contributed by atoms with Gasteiger partial charge >= 0.3 is 11.9 Å². The molecule has 0 radical (unpaired) electrons. The molecule has 14 heteroatoms. The van der Waals surface area contributed by atoms with Gasteiger partial charge in [-0.25, -0.2) is 4.79 Å². The van der Waals surface area contributed by atoms with Gasteiger partial charge in [-0.1, -0.05) is 20.3 Å². The first-order valence-corrected chi connectivity index (χ1v) is 11.6. The largest absolute Gasteiger partial charge is 0.481 e. The fourth-order valence-electron chi connectivity index (χ4n) is 2.66. The first-order valence-electron chi connectivity index (χ1n) is 10.2. The third-order valence-corrected chi connectivity index (χ3v) is 5.44. The Morgan fingerprint density at radius 3 is 1.88 bits per heavy atom. The van der Waals surface area contributed by atoms with Crippen molar-refractivity contribution in [1.82, 2.24) is 16.0 Å². The van der Waals surface area contributed by atoms with Crippen LogP contribution in [0.25, 0.3) is 0 Å². The lowest BCUT2D eigenvalue weighted by molar-refractivity contribution is -0.144. The zero-order valence-electron chi connectivity index (χ0n) is 18.8. The van der Waals surface area contributed by atoms with Crippen LogP contribution < -0.4 is 27.4 Å². The summed E-state index contributed by atoms with van der Waals surface area (Å²) in [6.45, 7) is 3.32. The smallest absolute Gasteiger partial charge is 0.326 e. The summed E-state index contributed by atoms with van der Waals surface area (Å²) in [6, 6.07) is -5.46. The minimum atomic E-state index is -1.59. The van der Waals surface area contributed by atoms with Crippen LogP contribution in [0, 0.1) is 5.92 Å². The number of hydrogen-bond acceptors (Lipinski definition) is 8. The minimum absolute atomic E-state index is 0.285. The maximum atomic E-state index is 12.7. The summed E-state index contributed by atoms with van der Waals surface area (Å²) in [4.78, 5) is 71.6. The molecule has 5 unspecified atom stereocenters. The third kappa shape index (κ3) is 11.5. The van der Waals surface area contributed by atoms with Crippen LogP contribution in [0.3, 0.4) is 0 Å². The van der Waals surface area contributed by atoms with Crippen molar-refractivity contribution in [3.63, 3.8) is 0 Å². The van der Waals surface area contributed by atoms with Crippen LogP contribution in [-0.4, -0.2) is 82.0 Å². The first kappa shape index (κ1) is 30.1. The van der Waals surface area contributed by atoms with Crippen molar-refractivity contribution in [2.75, 3.05) is 12.0 Å². The number of nitrogens with two attached hydrogens (primary N) is 2. The number of rotatable bonds is 16. The van der Waals surface area contributed by atoms with Gasteiger partial charge in [0.1, 0.15) is 18.1 Å². The second-order valence-electron chi connectivity index (χ2n) is 7.49. The van der Waals surface area contributed by atoms with E-state index >= 15 is 0 Å². The Morgan fingerprint density at radius 2 is 1.42 bits per heavy atom. The van der Waals surface area contributed by atoms with Crippen LogP contribution in [0.2, 0.25) is 0 Å². The number of amides is 4. The maximum Gasteiger partial charge on any atom is 0.326 e. The summed E-state index contributed by atoms with van der Waals surface area (Å²) >= 11 is 1.45. The zero-order valence-corrected chi connectivity index (χ0v) is 19.6. The molecule has 0 aromatic heterocycles. The van der Waals surface area contributed by atoms with Gasteiger partial charge in [0, 0.05) is 0 Å². The van der Waals surface area contributed by atoms with E-state index in [-0.39, 0.29) is 6.42 Å². The van der Waals surface area contributed by atoms with Crippen LogP contribution in [0.4, 0.5) is 0 Å². The molecule has 0 aromatic rings. The number of carboxylic acid groups (broad SMARTS) is 2. The number of hydrogen-bond donors (Lipinski definition) is 7. The monoisotopic (exact) mass is 491 g/mol. The molecule has 0 aromatic carbocycles. The molecule has 0 spiro atoms. The lowest BCUT2D eigenvalue weighted by Crippen LogP contribution is -2.58. The SMILES string of the molecule is CCC(C)C(NC(=O)C(CC(N)=O)NC(=O)C(CC(=O)O)NC(=O)C(N)CCSC)C(=O)O. The van der Waals surface area contributed by atoms with Gasteiger partial charge in [0.2, 0.25) is 23.6 Å². The zero-order chi connectivity index (χ0) is 25.7. The summed E-state index contributed by atoms with van der Waals surface area (Å²) in [5.74, 6) is -6.41. The number of carbonyl (C=O) groups excluding carboxylic acids is 4. The van der Waals surface area contributed by atoms with Gasteiger partial charge in [0.05, 0.1) is 18.9 Å². The molecule has 0 bridgehead atoms. The van der Waals surface area contributed by atoms with E-state index in [1.165, 1.54) is 11.8 Å². The van der Waals surface area contributed by atoms with E-state index in [1.807, 2.05) is 6.26 Å². The topological polar surface area (TPSA) is 231 Å². The second kappa shape index (κ2) is 15.1. The highest BCUT2D eigenvalue weighted by atomic mass is 32.2. The Hall–Kier alpha value is -2.87. The van der Waals surface area contributed by atoms with Gasteiger partial charge in [0.15, 0.2) is 0 Å². The van der Waals surface area contributed by atoms with Crippen molar-refractivity contribution in [3.8, 4) is 0 Å². The molecule has 0 aliphatic rings. The van der Waals surface area contributed by atoms with Crippen molar-refractivity contribution in [2.45, 2.75) is 63.7 Å². The van der Waals surface area contributed by atoms with E-state index in [2.05, 4.69) is 16.0 Å². The molecule has 33 heavy (non-hydrogen) atoms. The van der Waals surface area contributed by atoms with E-state index in [4.69, 9.17) is 16.6 Å². The van der Waals surface area contributed by atoms with Gasteiger partial charge in [-0.05, 0) is 24.3 Å². The molecule has 0 saturated carbocycles. The number of thioether (sulfide) groups is 1. The maximum absolute atomic E-state index is 12.7. The number of carbonyl (C=O) groups is 6. The average Bonchev–Trinajstić information content (AvgIpc) is 2.72. The molecule has 0 rings (SSSR count). The number of nitrogens with one attached hydrogen (secondary N) is 3. The van der Waals surface area contributed by atoms with Crippen LogP contribution in [-0.2, 0) is 28.8 Å². The van der Waals surface area contributed by atoms with Crippen LogP contribution in [0.5, 0.6) is 0 Å². The van der Waals surface area contributed by atoms with Gasteiger partial charge in [-0.2, -0.15) is 11.8 Å². The summed E-state index contributed by atoms with van der Waals surface area (Å²) in [5, 5.41) is 25.1. The summed E-state index contributed by atoms with van der Waals surface area (Å²) in [5.41, 5.74) is 10.9. The standard InChI is InChI=1S/C19H33N5O8S/c1-4-9(2)15(19(31)32)24-18(30)11(7-13(21)25)23-17(29)12(8-14(26)27)22-16(28)10(20)5-6-33-3/h9-12,15H,4-8,20H2,1-3H3,(H2,21,25)(H,22,28)(H,23,29)(H,24,30)(H,26,27)(H,31,32). The van der Waals surface area contributed by atoms with E-state index in [9.17, 15) is 33.9 Å². The van der Waals surface area contributed by atoms with Gasteiger partial charge in [0.25, 0.3) is 0 Å². The molecule has 0 aliphatic carbocycles. The highest BCUT2D eigenvalue weighted by Gasteiger charge is 2.33. The van der Waals surface area contributed by atoms with Gasteiger partial charge in [-0.3, -0.25) is 24.0 Å². The Morgan fingerprint density at radius 1 is 0.909 bits per heavy atom. The van der Waals surface area contributed by atoms with Crippen LogP contribution in [0.1, 0.15) is 39.5 Å². The molecular formula is C19H33N5O8S. The summed E-state index contributed by atoms with van der Waals surface area (Å²) < 4.78 is 0. The van der Waals surface area contributed by atoms with Crippen molar-refractivity contribution in [3.05, 3.63) is 0 Å². The van der Waals surface area contributed by atoms with E-state index in [0.717, 1.165) is 0 Å². The van der Waals surface area contributed by atoms with Crippen LogP contribution >= 0.6 is 11.8 Å². The average molecular weight is 492 g/mol. The molecule has 0 aliphatic heterocycles.